The van der Waals surface area contributed by atoms with E-state index in [0.29, 0.717) is 12.4 Å². The molecule has 0 saturated carbocycles. The zero-order valence-corrected chi connectivity index (χ0v) is 12.4. The van der Waals surface area contributed by atoms with Gasteiger partial charge < -0.3 is 19.6 Å². The highest BCUT2D eigenvalue weighted by Gasteiger charge is 2.15. The lowest BCUT2D eigenvalue weighted by Gasteiger charge is -2.11. The molecule has 0 spiro atoms. The Morgan fingerprint density at radius 1 is 1.23 bits per heavy atom. The van der Waals surface area contributed by atoms with Gasteiger partial charge in [-0.25, -0.2) is 4.79 Å². The highest BCUT2D eigenvalue weighted by atomic mass is 16.5. The minimum absolute atomic E-state index is 0.0394. The number of nitrogens with one attached hydrogen (secondary N) is 1. The molecule has 2 aromatic rings. The van der Waals surface area contributed by atoms with Crippen LogP contribution in [0.3, 0.4) is 0 Å². The number of carbonyl (C=O) groups excluding carboxylic acids is 1. The first-order chi connectivity index (χ1) is 10.5. The van der Waals surface area contributed by atoms with E-state index in [9.17, 15) is 9.59 Å². The Hall–Kier alpha value is -2.76. The predicted octanol–water partition coefficient (Wildman–Crippen LogP) is 2.61. The maximum absolute atomic E-state index is 12.0. The second-order valence-corrected chi connectivity index (χ2v) is 4.70. The van der Waals surface area contributed by atoms with Gasteiger partial charge >= 0.3 is 5.97 Å². The number of carboxylic acid groups (broad SMARTS) is 1. The summed E-state index contributed by atoms with van der Waals surface area (Å²) in [5.41, 5.74) is 1.90. The molecule has 116 valence electrons. The fourth-order valence-corrected chi connectivity index (χ4v) is 1.94. The number of ether oxygens (including phenoxy) is 1. The first-order valence-electron chi connectivity index (χ1n) is 6.85. The predicted molar refractivity (Wildman–Crippen MR) is 79.2 cm³/mol. The minimum atomic E-state index is -1.21. The van der Waals surface area contributed by atoms with Crippen LogP contribution in [0.5, 0.6) is 5.75 Å². The molecular formula is C16H17NO5. The van der Waals surface area contributed by atoms with E-state index in [1.807, 2.05) is 32.0 Å². The summed E-state index contributed by atoms with van der Waals surface area (Å²) in [6.45, 7) is 4.64. The van der Waals surface area contributed by atoms with Gasteiger partial charge in [-0.3, -0.25) is 4.79 Å². The van der Waals surface area contributed by atoms with E-state index in [-0.39, 0.29) is 18.1 Å². The fourth-order valence-electron chi connectivity index (χ4n) is 1.94. The monoisotopic (exact) mass is 303 g/mol. The summed E-state index contributed by atoms with van der Waals surface area (Å²) in [5, 5.41) is 11.4. The molecule has 1 aromatic heterocycles. The third kappa shape index (κ3) is 3.66. The molecule has 2 N–H and O–H groups in total. The molecule has 0 saturated heterocycles. The van der Waals surface area contributed by atoms with Gasteiger partial charge in [0.15, 0.2) is 5.76 Å². The van der Waals surface area contributed by atoms with Crippen LogP contribution in [0.4, 0.5) is 0 Å². The molecular weight excluding hydrogens is 286 g/mol. The van der Waals surface area contributed by atoms with Crippen LogP contribution in [0.1, 0.15) is 39.2 Å². The van der Waals surface area contributed by atoms with E-state index in [4.69, 9.17) is 14.3 Å². The van der Waals surface area contributed by atoms with Gasteiger partial charge in [-0.05, 0) is 37.6 Å². The number of hydrogen-bond acceptors (Lipinski definition) is 4. The number of rotatable bonds is 6. The average molecular weight is 303 g/mol. The van der Waals surface area contributed by atoms with Crippen LogP contribution in [0.15, 0.2) is 34.7 Å². The molecule has 6 heteroatoms. The van der Waals surface area contributed by atoms with Crippen LogP contribution in [0.25, 0.3) is 0 Å². The lowest BCUT2D eigenvalue weighted by molar-refractivity contribution is 0.0659. The topological polar surface area (TPSA) is 88.8 Å². The molecule has 0 aliphatic rings. The highest BCUT2D eigenvalue weighted by Crippen LogP contribution is 2.20. The molecule has 0 radical (unpaired) electrons. The van der Waals surface area contributed by atoms with Crippen molar-refractivity contribution in [2.75, 3.05) is 6.61 Å². The number of furan rings is 1. The smallest absolute Gasteiger partial charge is 0.371 e. The Bertz CT molecular complexity index is 690. The zero-order valence-electron chi connectivity index (χ0n) is 12.4. The Morgan fingerprint density at radius 3 is 2.59 bits per heavy atom. The molecule has 0 bridgehead atoms. The Balaban J connectivity index is 2.05. The normalized spacial score (nSPS) is 10.3. The standard InChI is InChI=1S/C16H17NO5/c1-3-21-14-8-10(2)4-5-11(14)9-17-15(18)12-6-7-13(22-12)16(19)20/h4-8H,3,9H2,1-2H3,(H,17,18)(H,19,20). The van der Waals surface area contributed by atoms with Gasteiger partial charge in [0, 0.05) is 12.1 Å². The van der Waals surface area contributed by atoms with Crippen molar-refractivity contribution in [1.82, 2.24) is 5.32 Å². The lowest BCUT2D eigenvalue weighted by Crippen LogP contribution is -2.22. The van der Waals surface area contributed by atoms with Gasteiger partial charge in [0.1, 0.15) is 5.75 Å². The molecule has 0 fully saturated rings. The van der Waals surface area contributed by atoms with E-state index in [0.717, 1.165) is 11.1 Å². The van der Waals surface area contributed by atoms with Crippen molar-refractivity contribution in [3.63, 3.8) is 0 Å². The number of hydrogen-bond donors (Lipinski definition) is 2. The molecule has 0 aliphatic heterocycles. The van der Waals surface area contributed by atoms with Crippen LogP contribution < -0.4 is 10.1 Å². The number of benzene rings is 1. The maximum Gasteiger partial charge on any atom is 0.371 e. The van der Waals surface area contributed by atoms with E-state index in [1.54, 1.807) is 0 Å². The molecule has 1 amide bonds. The molecule has 1 aromatic carbocycles. The van der Waals surface area contributed by atoms with E-state index in [1.165, 1.54) is 12.1 Å². The molecule has 22 heavy (non-hydrogen) atoms. The Morgan fingerprint density at radius 2 is 1.95 bits per heavy atom. The third-order valence-corrected chi connectivity index (χ3v) is 3.00. The van der Waals surface area contributed by atoms with Crippen LogP contribution in [-0.4, -0.2) is 23.6 Å². The van der Waals surface area contributed by atoms with Crippen LogP contribution >= 0.6 is 0 Å². The van der Waals surface area contributed by atoms with E-state index < -0.39 is 11.9 Å². The number of aromatic carboxylic acids is 1. The lowest BCUT2D eigenvalue weighted by atomic mass is 10.1. The van der Waals surface area contributed by atoms with Crippen molar-refractivity contribution in [1.29, 1.82) is 0 Å². The van der Waals surface area contributed by atoms with E-state index in [2.05, 4.69) is 5.32 Å². The summed E-state index contributed by atoms with van der Waals surface area (Å²) in [5.74, 6) is -1.28. The van der Waals surface area contributed by atoms with Crippen LogP contribution in [-0.2, 0) is 6.54 Å². The molecule has 6 nitrogen and oxygen atoms in total. The van der Waals surface area contributed by atoms with E-state index >= 15 is 0 Å². The number of carbonyl (C=O) groups is 2. The van der Waals surface area contributed by atoms with Gasteiger partial charge in [0.25, 0.3) is 5.91 Å². The molecule has 0 unspecified atom stereocenters. The summed E-state index contributed by atoms with van der Waals surface area (Å²) >= 11 is 0. The van der Waals surface area contributed by atoms with Crippen molar-refractivity contribution < 1.29 is 23.8 Å². The average Bonchev–Trinajstić information content (AvgIpc) is 2.96. The quantitative estimate of drug-likeness (QED) is 0.856. The van der Waals surface area contributed by atoms with Crippen LogP contribution in [0.2, 0.25) is 0 Å². The maximum atomic E-state index is 12.0. The minimum Gasteiger partial charge on any atom is -0.494 e. The van der Waals surface area contributed by atoms with Crippen molar-refractivity contribution in [3.8, 4) is 5.75 Å². The number of carboxylic acids is 1. The molecule has 0 atom stereocenters. The van der Waals surface area contributed by atoms with Gasteiger partial charge in [-0.1, -0.05) is 12.1 Å². The molecule has 2 rings (SSSR count). The summed E-state index contributed by atoms with van der Waals surface area (Å²) in [6.07, 6.45) is 0. The van der Waals surface area contributed by atoms with Gasteiger partial charge in [-0.2, -0.15) is 0 Å². The highest BCUT2D eigenvalue weighted by molar-refractivity contribution is 5.93. The van der Waals surface area contributed by atoms with Crippen LogP contribution in [0, 0.1) is 6.92 Å². The largest absolute Gasteiger partial charge is 0.494 e. The summed E-state index contributed by atoms with van der Waals surface area (Å²) < 4.78 is 10.5. The first kappa shape index (κ1) is 15.6. The fraction of sp³-hybridized carbons (Fsp3) is 0.250. The van der Waals surface area contributed by atoms with Crippen molar-refractivity contribution in [2.24, 2.45) is 0 Å². The van der Waals surface area contributed by atoms with Gasteiger partial charge in [-0.15, -0.1) is 0 Å². The third-order valence-electron chi connectivity index (χ3n) is 3.00. The second kappa shape index (κ2) is 6.80. The Labute approximate surface area is 127 Å². The summed E-state index contributed by atoms with van der Waals surface area (Å²) in [7, 11) is 0. The summed E-state index contributed by atoms with van der Waals surface area (Å²) in [4.78, 5) is 22.7. The first-order valence-corrected chi connectivity index (χ1v) is 6.85. The molecule has 1 heterocycles. The van der Waals surface area contributed by atoms with Crippen molar-refractivity contribution >= 4 is 11.9 Å². The van der Waals surface area contributed by atoms with Crippen molar-refractivity contribution in [3.05, 3.63) is 53.0 Å². The van der Waals surface area contributed by atoms with Gasteiger partial charge in [0.2, 0.25) is 5.76 Å². The SMILES string of the molecule is CCOc1cc(C)ccc1CNC(=O)c1ccc(C(=O)O)o1. The Kier molecular flexibility index (Phi) is 4.83. The number of aryl methyl sites for hydroxylation is 1. The zero-order chi connectivity index (χ0) is 16.1. The van der Waals surface area contributed by atoms with Crippen molar-refractivity contribution in [2.45, 2.75) is 20.4 Å². The number of amides is 1. The molecule has 0 aliphatic carbocycles. The second-order valence-electron chi connectivity index (χ2n) is 4.70. The van der Waals surface area contributed by atoms with Gasteiger partial charge in [0.05, 0.1) is 6.61 Å². The summed E-state index contributed by atoms with van der Waals surface area (Å²) in [6, 6.07) is 8.29.